The van der Waals surface area contributed by atoms with E-state index in [-0.39, 0.29) is 10.7 Å². The third-order valence-corrected chi connectivity index (χ3v) is 5.98. The van der Waals surface area contributed by atoms with Crippen molar-refractivity contribution >= 4 is 33.3 Å². The number of anilines is 2. The molecule has 1 aliphatic heterocycles. The van der Waals surface area contributed by atoms with E-state index in [9.17, 15) is 8.42 Å². The van der Waals surface area contributed by atoms with E-state index in [0.717, 1.165) is 31.6 Å². The quantitative estimate of drug-likeness (QED) is 0.855. The first-order valence-corrected chi connectivity index (χ1v) is 10.2. The molecular weight excluding hydrogens is 360 g/mol. The molecular formula is C17H21ClN4O2S. The van der Waals surface area contributed by atoms with Crippen molar-refractivity contribution in [1.29, 1.82) is 0 Å². The average molecular weight is 381 g/mol. The Morgan fingerprint density at radius 2 is 2.08 bits per heavy atom. The second-order valence-corrected chi connectivity index (χ2v) is 8.21. The molecule has 8 heteroatoms. The molecule has 0 radical (unpaired) electrons. The second-order valence-electron chi connectivity index (χ2n) is 6.09. The van der Waals surface area contributed by atoms with Gasteiger partial charge in [0.2, 0.25) is 0 Å². The molecule has 0 saturated carbocycles. The van der Waals surface area contributed by atoms with Gasteiger partial charge in [0.15, 0.2) is 11.6 Å². The van der Waals surface area contributed by atoms with E-state index in [1.54, 1.807) is 18.2 Å². The van der Waals surface area contributed by atoms with Gasteiger partial charge in [0, 0.05) is 17.6 Å². The Hall–Kier alpha value is -1.86. The number of piperidine rings is 1. The number of rotatable bonds is 5. The predicted molar refractivity (Wildman–Crippen MR) is 99.6 cm³/mol. The summed E-state index contributed by atoms with van der Waals surface area (Å²) in [7, 11) is -3.74. The molecule has 0 spiro atoms. The summed E-state index contributed by atoms with van der Waals surface area (Å²) in [5.74, 6) is 0.978. The summed E-state index contributed by atoms with van der Waals surface area (Å²) in [5.41, 5.74) is 0. The van der Waals surface area contributed by atoms with Crippen LogP contribution in [0.25, 0.3) is 0 Å². The monoisotopic (exact) mass is 380 g/mol. The third-order valence-electron chi connectivity index (χ3n) is 4.39. The van der Waals surface area contributed by atoms with Gasteiger partial charge in [0.1, 0.15) is 0 Å². The van der Waals surface area contributed by atoms with E-state index in [4.69, 9.17) is 11.6 Å². The van der Waals surface area contributed by atoms with Gasteiger partial charge in [-0.2, -0.15) is 0 Å². The van der Waals surface area contributed by atoms with Crippen LogP contribution in [0.3, 0.4) is 0 Å². The van der Waals surface area contributed by atoms with Crippen LogP contribution in [0.2, 0.25) is 5.02 Å². The van der Waals surface area contributed by atoms with Gasteiger partial charge in [-0.15, -0.1) is 10.2 Å². The van der Waals surface area contributed by atoms with Gasteiger partial charge in [0.05, 0.1) is 4.90 Å². The predicted octanol–water partition coefficient (Wildman–Crippen LogP) is 3.70. The fraction of sp³-hybridized carbons (Fsp3) is 0.412. The summed E-state index contributed by atoms with van der Waals surface area (Å²) in [4.78, 5) is 2.35. The molecule has 3 rings (SSSR count). The van der Waals surface area contributed by atoms with Crippen molar-refractivity contribution in [1.82, 2.24) is 10.2 Å². The molecule has 0 aliphatic carbocycles. The number of hydrogen-bond donors (Lipinski definition) is 1. The number of nitrogens with one attached hydrogen (secondary N) is 1. The van der Waals surface area contributed by atoms with Crippen molar-refractivity contribution in [3.05, 3.63) is 41.4 Å². The molecule has 0 bridgehead atoms. The number of hydrogen-bond acceptors (Lipinski definition) is 5. The van der Waals surface area contributed by atoms with Crippen molar-refractivity contribution in [2.24, 2.45) is 0 Å². The summed E-state index contributed by atoms with van der Waals surface area (Å²) in [6, 6.07) is 10.0. The molecule has 1 atom stereocenters. The van der Waals surface area contributed by atoms with Crippen LogP contribution < -0.4 is 9.62 Å². The Bertz CT molecular complexity index is 827. The smallest absolute Gasteiger partial charge is 0.263 e. The number of aromatic nitrogens is 2. The summed E-state index contributed by atoms with van der Waals surface area (Å²) in [5, 5.41) is 8.62. The molecule has 6 nitrogen and oxygen atoms in total. The molecule has 2 aromatic rings. The van der Waals surface area contributed by atoms with Crippen LogP contribution in [0.1, 0.15) is 32.6 Å². The topological polar surface area (TPSA) is 75.2 Å². The zero-order valence-corrected chi connectivity index (χ0v) is 15.6. The molecule has 134 valence electrons. The van der Waals surface area contributed by atoms with E-state index >= 15 is 0 Å². The third kappa shape index (κ3) is 4.22. The maximum atomic E-state index is 12.4. The average Bonchev–Trinajstić information content (AvgIpc) is 2.62. The van der Waals surface area contributed by atoms with E-state index in [0.29, 0.717) is 11.1 Å². The van der Waals surface area contributed by atoms with E-state index in [1.165, 1.54) is 18.6 Å². The molecule has 1 unspecified atom stereocenters. The Morgan fingerprint density at radius 3 is 2.76 bits per heavy atom. The Morgan fingerprint density at radius 1 is 1.24 bits per heavy atom. The van der Waals surface area contributed by atoms with Gasteiger partial charge in [0.25, 0.3) is 10.0 Å². The van der Waals surface area contributed by atoms with Gasteiger partial charge in [-0.1, -0.05) is 24.6 Å². The minimum atomic E-state index is -3.74. The van der Waals surface area contributed by atoms with E-state index < -0.39 is 10.0 Å². The van der Waals surface area contributed by atoms with Gasteiger partial charge in [-0.3, -0.25) is 4.72 Å². The number of nitrogens with zero attached hydrogens (tertiary/aromatic N) is 3. The molecule has 0 amide bonds. The van der Waals surface area contributed by atoms with Crippen LogP contribution >= 0.6 is 11.6 Å². The molecule has 1 saturated heterocycles. The van der Waals surface area contributed by atoms with E-state index in [2.05, 4.69) is 26.7 Å². The first-order valence-electron chi connectivity index (χ1n) is 8.38. The summed E-state index contributed by atoms with van der Waals surface area (Å²) >= 11 is 5.86. The van der Waals surface area contributed by atoms with Crippen molar-refractivity contribution in [3.63, 3.8) is 0 Å². The van der Waals surface area contributed by atoms with Crippen LogP contribution in [0.4, 0.5) is 11.6 Å². The first kappa shape index (κ1) is 17.9. The lowest BCUT2D eigenvalue weighted by Gasteiger charge is -2.35. The van der Waals surface area contributed by atoms with Crippen LogP contribution in [0.5, 0.6) is 0 Å². The lowest BCUT2D eigenvalue weighted by atomic mass is 10.0. The second kappa shape index (κ2) is 7.58. The van der Waals surface area contributed by atoms with Crippen molar-refractivity contribution in [3.8, 4) is 0 Å². The van der Waals surface area contributed by atoms with Crippen molar-refractivity contribution in [2.45, 2.75) is 43.5 Å². The Kier molecular flexibility index (Phi) is 5.44. The number of sulfonamides is 1. The highest BCUT2D eigenvalue weighted by Crippen LogP contribution is 2.25. The van der Waals surface area contributed by atoms with Crippen LogP contribution in [-0.2, 0) is 10.0 Å². The maximum Gasteiger partial charge on any atom is 0.263 e. The van der Waals surface area contributed by atoms with Gasteiger partial charge in [-0.05, 0) is 56.0 Å². The van der Waals surface area contributed by atoms with Gasteiger partial charge < -0.3 is 4.90 Å². The summed E-state index contributed by atoms with van der Waals surface area (Å²) in [6.45, 7) is 3.13. The lowest BCUT2D eigenvalue weighted by molar-refractivity contribution is 0.445. The van der Waals surface area contributed by atoms with Crippen LogP contribution in [0, 0.1) is 0 Å². The molecule has 1 aliphatic rings. The van der Waals surface area contributed by atoms with E-state index in [1.807, 2.05) is 6.07 Å². The fourth-order valence-electron chi connectivity index (χ4n) is 3.09. The highest BCUT2D eigenvalue weighted by Gasteiger charge is 2.22. The van der Waals surface area contributed by atoms with Gasteiger partial charge in [-0.25, -0.2) is 8.42 Å². The zero-order chi connectivity index (χ0) is 17.9. The number of benzene rings is 1. The SMILES string of the molecule is CCC1CCCCN1c1ccc(NS(=O)(=O)c2cccc(Cl)c2)nn1. The van der Waals surface area contributed by atoms with Crippen molar-refractivity contribution in [2.75, 3.05) is 16.2 Å². The minimum Gasteiger partial charge on any atom is -0.352 e. The van der Waals surface area contributed by atoms with Crippen LogP contribution in [-0.4, -0.2) is 31.2 Å². The molecule has 1 aromatic heterocycles. The molecule has 2 heterocycles. The highest BCUT2D eigenvalue weighted by molar-refractivity contribution is 7.92. The first-order chi connectivity index (χ1) is 12.0. The zero-order valence-electron chi connectivity index (χ0n) is 14.0. The normalized spacial score (nSPS) is 18.2. The highest BCUT2D eigenvalue weighted by atomic mass is 35.5. The molecule has 1 fully saturated rings. The summed E-state index contributed by atoms with van der Waals surface area (Å²) < 4.78 is 27.2. The van der Waals surface area contributed by atoms with Crippen molar-refractivity contribution < 1.29 is 8.42 Å². The summed E-state index contributed by atoms with van der Waals surface area (Å²) in [6.07, 6.45) is 4.59. The number of halogens is 1. The maximum absolute atomic E-state index is 12.4. The molecule has 25 heavy (non-hydrogen) atoms. The standard InChI is InChI=1S/C17H21ClN4O2S/c1-2-14-7-3-4-11-22(14)17-10-9-16(19-20-17)21-25(23,24)15-8-5-6-13(18)12-15/h5-6,8-10,12,14H,2-4,7,11H2,1H3,(H,19,21). The minimum absolute atomic E-state index is 0.0907. The van der Waals surface area contributed by atoms with Crippen LogP contribution in [0.15, 0.2) is 41.3 Å². The largest absolute Gasteiger partial charge is 0.352 e. The Balaban J connectivity index is 1.76. The fourth-order valence-corrected chi connectivity index (χ4v) is 4.39. The molecule has 1 N–H and O–H groups in total. The van der Waals surface area contributed by atoms with Gasteiger partial charge >= 0.3 is 0 Å². The lowest BCUT2D eigenvalue weighted by Crippen LogP contribution is -2.39. The molecule has 1 aromatic carbocycles. The Labute approximate surface area is 153 Å².